The second-order valence-electron chi connectivity index (χ2n) is 6.77. The van der Waals surface area contributed by atoms with Crippen molar-refractivity contribution in [1.29, 1.82) is 0 Å². The SMILES string of the molecule is CN1CCC(CN(C)CC2(C)CCCC2N)C1. The maximum atomic E-state index is 6.26. The topological polar surface area (TPSA) is 32.5 Å². The monoisotopic (exact) mass is 239 g/mol. The maximum Gasteiger partial charge on any atom is 0.0105 e. The zero-order chi connectivity index (χ0) is 12.5. The molecule has 0 bridgehead atoms. The van der Waals surface area contributed by atoms with Gasteiger partial charge < -0.3 is 15.5 Å². The molecule has 0 aromatic carbocycles. The van der Waals surface area contributed by atoms with Crippen molar-refractivity contribution in [2.75, 3.05) is 40.3 Å². The number of rotatable bonds is 4. The van der Waals surface area contributed by atoms with Gasteiger partial charge in [-0.1, -0.05) is 13.3 Å². The fourth-order valence-electron chi connectivity index (χ4n) is 3.75. The molecule has 17 heavy (non-hydrogen) atoms. The second kappa shape index (κ2) is 5.25. The Morgan fingerprint density at radius 2 is 2.18 bits per heavy atom. The lowest BCUT2D eigenvalue weighted by Gasteiger charge is -2.34. The zero-order valence-corrected chi connectivity index (χ0v) is 11.8. The smallest absolute Gasteiger partial charge is 0.0105 e. The summed E-state index contributed by atoms with van der Waals surface area (Å²) in [6.45, 7) is 7.34. The fourth-order valence-corrected chi connectivity index (χ4v) is 3.75. The van der Waals surface area contributed by atoms with Crippen LogP contribution in [-0.4, -0.2) is 56.1 Å². The Morgan fingerprint density at radius 1 is 1.41 bits per heavy atom. The van der Waals surface area contributed by atoms with Crippen molar-refractivity contribution in [2.24, 2.45) is 17.1 Å². The van der Waals surface area contributed by atoms with Crippen molar-refractivity contribution >= 4 is 0 Å². The standard InChI is InChI=1S/C14H29N3/c1-14(7-4-5-13(14)15)11-17(3)10-12-6-8-16(2)9-12/h12-13H,4-11,15H2,1-3H3. The largest absolute Gasteiger partial charge is 0.327 e. The molecule has 2 aliphatic rings. The Kier molecular flexibility index (Phi) is 4.11. The van der Waals surface area contributed by atoms with Crippen LogP contribution in [0.5, 0.6) is 0 Å². The highest BCUT2D eigenvalue weighted by Crippen LogP contribution is 2.37. The quantitative estimate of drug-likeness (QED) is 0.804. The summed E-state index contributed by atoms with van der Waals surface area (Å²) in [5.74, 6) is 0.867. The summed E-state index contributed by atoms with van der Waals surface area (Å²) < 4.78 is 0. The average molecular weight is 239 g/mol. The van der Waals surface area contributed by atoms with Crippen LogP contribution in [0.15, 0.2) is 0 Å². The summed E-state index contributed by atoms with van der Waals surface area (Å²) in [6, 6.07) is 0.413. The van der Waals surface area contributed by atoms with E-state index in [1.165, 1.54) is 51.9 Å². The maximum absolute atomic E-state index is 6.26. The van der Waals surface area contributed by atoms with Gasteiger partial charge in [-0.15, -0.1) is 0 Å². The Bertz CT molecular complexity index is 256. The average Bonchev–Trinajstić information content (AvgIpc) is 2.75. The summed E-state index contributed by atoms with van der Waals surface area (Å²) >= 11 is 0. The zero-order valence-electron chi connectivity index (χ0n) is 11.8. The van der Waals surface area contributed by atoms with Crippen molar-refractivity contribution in [3.63, 3.8) is 0 Å². The van der Waals surface area contributed by atoms with Gasteiger partial charge in [0.05, 0.1) is 0 Å². The van der Waals surface area contributed by atoms with Crippen molar-refractivity contribution in [2.45, 2.75) is 38.6 Å². The van der Waals surface area contributed by atoms with Crippen molar-refractivity contribution < 1.29 is 0 Å². The van der Waals surface area contributed by atoms with E-state index in [1.807, 2.05) is 0 Å². The molecule has 3 nitrogen and oxygen atoms in total. The van der Waals surface area contributed by atoms with Gasteiger partial charge in [-0.05, 0) is 51.2 Å². The molecule has 2 rings (SSSR count). The first kappa shape index (κ1) is 13.3. The minimum absolute atomic E-state index is 0.360. The highest BCUT2D eigenvalue weighted by atomic mass is 15.2. The third kappa shape index (κ3) is 3.21. The van der Waals surface area contributed by atoms with Gasteiger partial charge in [0.25, 0.3) is 0 Å². The van der Waals surface area contributed by atoms with Crippen LogP contribution in [0.3, 0.4) is 0 Å². The summed E-state index contributed by atoms with van der Waals surface area (Å²) in [4.78, 5) is 4.97. The molecule has 100 valence electrons. The van der Waals surface area contributed by atoms with Gasteiger partial charge in [0.2, 0.25) is 0 Å². The molecule has 3 atom stereocenters. The van der Waals surface area contributed by atoms with E-state index in [0.717, 1.165) is 5.92 Å². The third-order valence-electron chi connectivity index (χ3n) is 4.85. The molecule has 0 spiro atoms. The van der Waals surface area contributed by atoms with Gasteiger partial charge in [-0.3, -0.25) is 0 Å². The third-order valence-corrected chi connectivity index (χ3v) is 4.85. The van der Waals surface area contributed by atoms with Crippen LogP contribution >= 0.6 is 0 Å². The summed E-state index contributed by atoms with van der Waals surface area (Å²) in [7, 11) is 4.50. The molecule has 1 aliphatic heterocycles. The normalized spacial score (nSPS) is 39.4. The van der Waals surface area contributed by atoms with Crippen LogP contribution in [0.4, 0.5) is 0 Å². The van der Waals surface area contributed by atoms with Crippen LogP contribution < -0.4 is 5.73 Å². The van der Waals surface area contributed by atoms with Crippen LogP contribution in [0, 0.1) is 11.3 Å². The molecule has 1 saturated heterocycles. The molecule has 2 N–H and O–H groups in total. The Balaban J connectivity index is 1.78. The lowest BCUT2D eigenvalue weighted by Crippen LogP contribution is -2.44. The van der Waals surface area contributed by atoms with Gasteiger partial charge in [0.1, 0.15) is 0 Å². The van der Waals surface area contributed by atoms with E-state index in [4.69, 9.17) is 5.73 Å². The minimum Gasteiger partial charge on any atom is -0.327 e. The first-order valence-corrected chi connectivity index (χ1v) is 7.12. The molecule has 0 aromatic rings. The van der Waals surface area contributed by atoms with E-state index >= 15 is 0 Å². The Hall–Kier alpha value is -0.120. The van der Waals surface area contributed by atoms with Gasteiger partial charge in [-0.2, -0.15) is 0 Å². The van der Waals surface area contributed by atoms with Gasteiger partial charge in [0, 0.05) is 25.7 Å². The molecule has 0 aromatic heterocycles. The molecule has 0 amide bonds. The van der Waals surface area contributed by atoms with Crippen LogP contribution in [-0.2, 0) is 0 Å². The lowest BCUT2D eigenvalue weighted by atomic mass is 9.84. The predicted octanol–water partition coefficient (Wildman–Crippen LogP) is 1.39. The van der Waals surface area contributed by atoms with Crippen LogP contribution in [0.1, 0.15) is 32.6 Å². The van der Waals surface area contributed by atoms with Crippen LogP contribution in [0.25, 0.3) is 0 Å². The van der Waals surface area contributed by atoms with Crippen LogP contribution in [0.2, 0.25) is 0 Å². The number of hydrogen-bond donors (Lipinski definition) is 1. The minimum atomic E-state index is 0.360. The van der Waals surface area contributed by atoms with E-state index in [1.54, 1.807) is 0 Å². The molecule has 3 heteroatoms. The number of nitrogens with two attached hydrogens (primary N) is 1. The van der Waals surface area contributed by atoms with Gasteiger partial charge in [-0.25, -0.2) is 0 Å². The number of hydrogen-bond acceptors (Lipinski definition) is 3. The Labute approximate surface area is 106 Å². The number of likely N-dealkylation sites (tertiary alicyclic amines) is 1. The molecule has 2 fully saturated rings. The van der Waals surface area contributed by atoms with Gasteiger partial charge >= 0.3 is 0 Å². The molecular formula is C14H29N3. The second-order valence-corrected chi connectivity index (χ2v) is 6.77. The lowest BCUT2D eigenvalue weighted by molar-refractivity contribution is 0.161. The highest BCUT2D eigenvalue weighted by Gasteiger charge is 2.37. The molecule has 1 aliphatic carbocycles. The first-order valence-electron chi connectivity index (χ1n) is 7.12. The van der Waals surface area contributed by atoms with E-state index < -0.39 is 0 Å². The highest BCUT2D eigenvalue weighted by molar-refractivity contribution is 4.93. The van der Waals surface area contributed by atoms with Crippen molar-refractivity contribution in [3.8, 4) is 0 Å². The summed E-state index contributed by atoms with van der Waals surface area (Å²) in [5.41, 5.74) is 6.62. The van der Waals surface area contributed by atoms with Crippen molar-refractivity contribution in [1.82, 2.24) is 9.80 Å². The molecule has 3 unspecified atom stereocenters. The number of nitrogens with zero attached hydrogens (tertiary/aromatic N) is 2. The molecular weight excluding hydrogens is 210 g/mol. The van der Waals surface area contributed by atoms with E-state index in [2.05, 4.69) is 30.8 Å². The molecule has 1 saturated carbocycles. The summed E-state index contributed by atoms with van der Waals surface area (Å²) in [6.07, 6.45) is 5.21. The summed E-state index contributed by atoms with van der Waals surface area (Å²) in [5, 5.41) is 0. The van der Waals surface area contributed by atoms with Crippen molar-refractivity contribution in [3.05, 3.63) is 0 Å². The molecule has 0 radical (unpaired) electrons. The first-order chi connectivity index (χ1) is 7.99. The predicted molar refractivity (Wildman–Crippen MR) is 73.0 cm³/mol. The fraction of sp³-hybridized carbons (Fsp3) is 1.00. The Morgan fingerprint density at radius 3 is 2.71 bits per heavy atom. The van der Waals surface area contributed by atoms with E-state index in [-0.39, 0.29) is 0 Å². The molecule has 1 heterocycles. The van der Waals surface area contributed by atoms with E-state index in [9.17, 15) is 0 Å². The van der Waals surface area contributed by atoms with E-state index in [0.29, 0.717) is 11.5 Å². The van der Waals surface area contributed by atoms with Gasteiger partial charge in [0.15, 0.2) is 0 Å².